The van der Waals surface area contributed by atoms with Crippen molar-refractivity contribution in [3.8, 4) is 0 Å². The van der Waals surface area contributed by atoms with Crippen molar-refractivity contribution in [2.75, 3.05) is 0 Å². The predicted molar refractivity (Wildman–Crippen MR) is 70.2 cm³/mol. The highest BCUT2D eigenvalue weighted by atomic mass is 19.1. The Hall–Kier alpha value is -2.15. The summed E-state index contributed by atoms with van der Waals surface area (Å²) in [7, 11) is 0. The van der Waals surface area contributed by atoms with Crippen LogP contribution in [0.25, 0.3) is 5.57 Å². The van der Waals surface area contributed by atoms with Crippen molar-refractivity contribution >= 4 is 5.57 Å². The van der Waals surface area contributed by atoms with Gasteiger partial charge in [0.1, 0.15) is 0 Å². The summed E-state index contributed by atoms with van der Waals surface area (Å²) in [5.41, 5.74) is 3.17. The Bertz CT molecular complexity index is 468. The van der Waals surface area contributed by atoms with Gasteiger partial charge in [-0.2, -0.15) is 0 Å². The average molecular weight is 224 g/mol. The lowest BCUT2D eigenvalue weighted by Gasteiger charge is -2.07. The molecule has 84 valence electrons. The van der Waals surface area contributed by atoms with E-state index in [4.69, 9.17) is 0 Å². The van der Waals surface area contributed by atoms with Gasteiger partial charge in [0.25, 0.3) is 0 Å². The normalized spacial score (nSPS) is 10.4. The summed E-state index contributed by atoms with van der Waals surface area (Å²) in [6, 6.07) is 19.9. The van der Waals surface area contributed by atoms with Crippen LogP contribution in [-0.2, 0) is 0 Å². The van der Waals surface area contributed by atoms with E-state index in [9.17, 15) is 4.39 Å². The van der Waals surface area contributed by atoms with Crippen molar-refractivity contribution in [2.24, 2.45) is 0 Å². The second kappa shape index (κ2) is 5.80. The third-order valence-corrected chi connectivity index (χ3v) is 2.51. The number of benzene rings is 2. The van der Waals surface area contributed by atoms with Crippen LogP contribution in [0.5, 0.6) is 0 Å². The van der Waals surface area contributed by atoms with Crippen molar-refractivity contribution in [2.45, 2.75) is 0 Å². The van der Waals surface area contributed by atoms with E-state index >= 15 is 0 Å². The van der Waals surface area contributed by atoms with Gasteiger partial charge in [-0.25, -0.2) is 4.39 Å². The summed E-state index contributed by atoms with van der Waals surface area (Å²) in [5.74, 6) is 0. The Morgan fingerprint density at radius 3 is 1.65 bits per heavy atom. The van der Waals surface area contributed by atoms with Gasteiger partial charge in [0, 0.05) is 0 Å². The molecule has 0 radical (unpaired) electrons. The Labute approximate surface area is 101 Å². The summed E-state index contributed by atoms with van der Waals surface area (Å²) in [4.78, 5) is 0. The zero-order chi connectivity index (χ0) is 11.9. The molecule has 0 aliphatic carbocycles. The molecule has 17 heavy (non-hydrogen) atoms. The lowest BCUT2D eigenvalue weighted by molar-refractivity contribution is 0.721. The van der Waals surface area contributed by atoms with E-state index in [0.29, 0.717) is 6.33 Å². The van der Waals surface area contributed by atoms with Gasteiger partial charge >= 0.3 is 0 Å². The maximum atomic E-state index is 12.2. The van der Waals surface area contributed by atoms with Crippen LogP contribution in [0.1, 0.15) is 11.1 Å². The Balaban J connectivity index is 2.47. The molecule has 0 saturated heterocycles. The smallest absolute Gasteiger partial charge is 0.0867 e. The maximum absolute atomic E-state index is 12.2. The topological polar surface area (TPSA) is 0 Å². The summed E-state index contributed by atoms with van der Waals surface area (Å²) < 4.78 is 12.2. The van der Waals surface area contributed by atoms with E-state index in [2.05, 4.69) is 0 Å². The van der Waals surface area contributed by atoms with Gasteiger partial charge < -0.3 is 0 Å². The SMILES string of the molecule is FC=CC=C(c1ccccc1)c1ccccc1. The van der Waals surface area contributed by atoms with Crippen LogP contribution >= 0.6 is 0 Å². The lowest BCUT2D eigenvalue weighted by Crippen LogP contribution is -1.86. The zero-order valence-corrected chi connectivity index (χ0v) is 9.38. The second-order valence-electron chi connectivity index (χ2n) is 3.63. The molecule has 0 saturated carbocycles. The minimum Gasteiger partial charge on any atom is -0.216 e. The predicted octanol–water partition coefficient (Wildman–Crippen LogP) is 4.60. The molecule has 0 amide bonds. The molecule has 0 fully saturated rings. The molecule has 0 unspecified atom stereocenters. The Morgan fingerprint density at radius 2 is 1.24 bits per heavy atom. The van der Waals surface area contributed by atoms with Gasteiger partial charge in [-0.15, -0.1) is 0 Å². The van der Waals surface area contributed by atoms with Gasteiger partial charge in [0.2, 0.25) is 0 Å². The Kier molecular flexibility index (Phi) is 3.87. The minimum absolute atomic E-state index is 0.548. The largest absolute Gasteiger partial charge is 0.216 e. The van der Waals surface area contributed by atoms with E-state index in [1.807, 2.05) is 60.7 Å². The van der Waals surface area contributed by atoms with Gasteiger partial charge in [-0.3, -0.25) is 0 Å². The van der Waals surface area contributed by atoms with E-state index in [1.54, 1.807) is 6.08 Å². The molecule has 2 rings (SSSR count). The van der Waals surface area contributed by atoms with Gasteiger partial charge in [-0.05, 0) is 22.8 Å². The first-order valence-corrected chi connectivity index (χ1v) is 5.49. The van der Waals surface area contributed by atoms with Crippen molar-refractivity contribution in [1.29, 1.82) is 0 Å². The van der Waals surface area contributed by atoms with E-state index in [0.717, 1.165) is 16.7 Å². The molecule has 0 heterocycles. The average Bonchev–Trinajstić information content (AvgIpc) is 2.42. The second-order valence-corrected chi connectivity index (χ2v) is 3.63. The van der Waals surface area contributed by atoms with Gasteiger partial charge in [-0.1, -0.05) is 66.7 Å². The molecule has 2 aromatic rings. The monoisotopic (exact) mass is 224 g/mol. The van der Waals surface area contributed by atoms with Gasteiger partial charge in [0.05, 0.1) is 6.33 Å². The highest BCUT2D eigenvalue weighted by Crippen LogP contribution is 2.22. The highest BCUT2D eigenvalue weighted by Gasteiger charge is 2.02. The van der Waals surface area contributed by atoms with Crippen molar-refractivity contribution < 1.29 is 4.39 Å². The number of hydrogen-bond donors (Lipinski definition) is 0. The third kappa shape index (κ3) is 2.91. The number of halogens is 1. The first kappa shape index (κ1) is 11.3. The quantitative estimate of drug-likeness (QED) is 0.668. The first-order valence-electron chi connectivity index (χ1n) is 5.49. The van der Waals surface area contributed by atoms with Crippen LogP contribution < -0.4 is 0 Å². The number of hydrogen-bond acceptors (Lipinski definition) is 0. The molecular weight excluding hydrogens is 211 g/mol. The summed E-state index contributed by atoms with van der Waals surface area (Å²) >= 11 is 0. The van der Waals surface area contributed by atoms with Crippen LogP contribution in [0.15, 0.2) is 79.1 Å². The van der Waals surface area contributed by atoms with E-state index in [1.165, 1.54) is 6.08 Å². The summed E-state index contributed by atoms with van der Waals surface area (Å²) in [6.07, 6.45) is 3.74. The third-order valence-electron chi connectivity index (χ3n) is 2.51. The molecule has 0 aliphatic rings. The van der Waals surface area contributed by atoms with Crippen LogP contribution in [-0.4, -0.2) is 0 Å². The highest BCUT2D eigenvalue weighted by molar-refractivity contribution is 5.80. The molecule has 0 atom stereocenters. The Morgan fingerprint density at radius 1 is 0.765 bits per heavy atom. The summed E-state index contributed by atoms with van der Waals surface area (Å²) in [5, 5.41) is 0. The van der Waals surface area contributed by atoms with Crippen LogP contribution in [0.2, 0.25) is 0 Å². The van der Waals surface area contributed by atoms with E-state index < -0.39 is 0 Å². The van der Waals surface area contributed by atoms with Crippen molar-refractivity contribution in [3.63, 3.8) is 0 Å². The van der Waals surface area contributed by atoms with E-state index in [-0.39, 0.29) is 0 Å². The molecular formula is C16H13F. The molecule has 0 aromatic heterocycles. The first-order chi connectivity index (χ1) is 8.42. The molecule has 0 bridgehead atoms. The van der Waals surface area contributed by atoms with Crippen molar-refractivity contribution in [3.05, 3.63) is 90.3 Å². The fourth-order valence-corrected chi connectivity index (χ4v) is 1.73. The van der Waals surface area contributed by atoms with Crippen LogP contribution in [0.3, 0.4) is 0 Å². The van der Waals surface area contributed by atoms with Gasteiger partial charge in [0.15, 0.2) is 0 Å². The maximum Gasteiger partial charge on any atom is 0.0867 e. The molecule has 0 aliphatic heterocycles. The van der Waals surface area contributed by atoms with Crippen LogP contribution in [0.4, 0.5) is 4.39 Å². The zero-order valence-electron chi connectivity index (χ0n) is 9.38. The fourth-order valence-electron chi connectivity index (χ4n) is 1.73. The molecule has 0 N–H and O–H groups in total. The number of rotatable bonds is 3. The number of allylic oxidation sites excluding steroid dienone is 2. The molecule has 0 spiro atoms. The molecule has 0 nitrogen and oxygen atoms in total. The summed E-state index contributed by atoms with van der Waals surface area (Å²) in [6.45, 7) is 0. The molecule has 1 heteroatoms. The van der Waals surface area contributed by atoms with Crippen molar-refractivity contribution in [1.82, 2.24) is 0 Å². The fraction of sp³-hybridized carbons (Fsp3) is 0. The lowest BCUT2D eigenvalue weighted by atomic mass is 9.98. The minimum atomic E-state index is 0.548. The van der Waals surface area contributed by atoms with Crippen LogP contribution in [0, 0.1) is 0 Å². The standard InChI is InChI=1S/C16H13F/c17-13-7-12-16(14-8-3-1-4-9-14)15-10-5-2-6-11-15/h1-13H. The molecule has 2 aromatic carbocycles.